The highest BCUT2D eigenvalue weighted by Gasteiger charge is 2.09. The van der Waals surface area contributed by atoms with E-state index >= 15 is 0 Å². The summed E-state index contributed by atoms with van der Waals surface area (Å²) >= 11 is 0. The zero-order valence-electron chi connectivity index (χ0n) is 12.4. The second-order valence-corrected chi connectivity index (χ2v) is 4.62. The van der Waals surface area contributed by atoms with Gasteiger partial charge in [-0.05, 0) is 37.4 Å². The summed E-state index contributed by atoms with van der Waals surface area (Å²) in [6.07, 6.45) is 0.819. The van der Waals surface area contributed by atoms with E-state index in [9.17, 15) is 0 Å². The number of nitrogens with one attached hydrogen (secondary N) is 1. The number of anilines is 1. The number of aromatic nitrogens is 2. The molecule has 108 valence electrons. The maximum atomic E-state index is 5.32. The van der Waals surface area contributed by atoms with Gasteiger partial charge in [-0.1, -0.05) is 19.0 Å². The van der Waals surface area contributed by atoms with E-state index in [4.69, 9.17) is 4.52 Å². The number of likely N-dealkylation sites (N-methyl/N-ethyl adjacent to an activating group) is 1. The molecule has 1 aromatic heterocycles. The van der Waals surface area contributed by atoms with Crippen molar-refractivity contribution in [3.05, 3.63) is 30.1 Å². The van der Waals surface area contributed by atoms with E-state index in [0.29, 0.717) is 5.89 Å². The molecule has 0 radical (unpaired) electrons. The molecule has 0 aliphatic carbocycles. The first-order valence-electron chi connectivity index (χ1n) is 7.10. The summed E-state index contributed by atoms with van der Waals surface area (Å²) in [4.78, 5) is 6.80. The lowest BCUT2D eigenvalue weighted by Crippen LogP contribution is -2.25. The Morgan fingerprint density at radius 3 is 2.45 bits per heavy atom. The molecule has 1 heterocycles. The Kier molecular flexibility index (Phi) is 5.12. The molecule has 0 spiro atoms. The molecule has 5 nitrogen and oxygen atoms in total. The van der Waals surface area contributed by atoms with E-state index in [2.05, 4.69) is 34.2 Å². The van der Waals surface area contributed by atoms with E-state index in [1.807, 2.05) is 31.3 Å². The van der Waals surface area contributed by atoms with E-state index in [0.717, 1.165) is 43.1 Å². The standard InChI is InChI=1S/C15H22N4O/c1-4-19(5-2)11-10-14-17-15(20-18-14)12-6-8-13(16-3)9-7-12/h6-9,16H,4-5,10-11H2,1-3H3. The molecule has 0 saturated heterocycles. The zero-order valence-corrected chi connectivity index (χ0v) is 12.4. The van der Waals surface area contributed by atoms with Crippen LogP contribution in [0.2, 0.25) is 0 Å². The van der Waals surface area contributed by atoms with Gasteiger partial charge in [-0.3, -0.25) is 0 Å². The first kappa shape index (κ1) is 14.5. The smallest absolute Gasteiger partial charge is 0.257 e. The molecule has 0 bridgehead atoms. The van der Waals surface area contributed by atoms with Crippen molar-refractivity contribution >= 4 is 5.69 Å². The van der Waals surface area contributed by atoms with Crippen LogP contribution in [-0.2, 0) is 6.42 Å². The Labute approximate surface area is 120 Å². The number of hydrogen-bond donors (Lipinski definition) is 1. The Morgan fingerprint density at radius 2 is 1.85 bits per heavy atom. The second-order valence-electron chi connectivity index (χ2n) is 4.62. The summed E-state index contributed by atoms with van der Waals surface area (Å²) in [5.74, 6) is 1.35. The van der Waals surface area contributed by atoms with Crippen LogP contribution in [0.15, 0.2) is 28.8 Å². The SMILES string of the molecule is CCN(CC)CCc1noc(-c2ccc(NC)cc2)n1. The predicted molar refractivity (Wildman–Crippen MR) is 80.8 cm³/mol. The summed E-state index contributed by atoms with van der Waals surface area (Å²) in [6, 6.07) is 7.95. The van der Waals surface area contributed by atoms with Crippen LogP contribution in [0.4, 0.5) is 5.69 Å². The third kappa shape index (κ3) is 3.57. The maximum Gasteiger partial charge on any atom is 0.257 e. The fourth-order valence-corrected chi connectivity index (χ4v) is 2.05. The van der Waals surface area contributed by atoms with E-state index in [-0.39, 0.29) is 0 Å². The topological polar surface area (TPSA) is 54.2 Å². The highest BCUT2D eigenvalue weighted by Crippen LogP contribution is 2.19. The van der Waals surface area contributed by atoms with E-state index < -0.39 is 0 Å². The molecule has 2 rings (SSSR count). The van der Waals surface area contributed by atoms with Crippen LogP contribution in [0.1, 0.15) is 19.7 Å². The minimum Gasteiger partial charge on any atom is -0.388 e. The third-order valence-electron chi connectivity index (χ3n) is 3.43. The maximum absolute atomic E-state index is 5.32. The largest absolute Gasteiger partial charge is 0.388 e. The molecule has 0 unspecified atom stereocenters. The molecule has 2 aromatic rings. The van der Waals surface area contributed by atoms with Crippen LogP contribution in [-0.4, -0.2) is 41.7 Å². The van der Waals surface area contributed by atoms with Crippen molar-refractivity contribution in [2.75, 3.05) is 32.0 Å². The van der Waals surface area contributed by atoms with Crippen LogP contribution in [0.3, 0.4) is 0 Å². The van der Waals surface area contributed by atoms with Crippen molar-refractivity contribution in [3.8, 4) is 11.5 Å². The number of benzene rings is 1. The first-order valence-corrected chi connectivity index (χ1v) is 7.10. The zero-order chi connectivity index (χ0) is 14.4. The summed E-state index contributed by atoms with van der Waals surface area (Å²) in [6.45, 7) is 7.38. The lowest BCUT2D eigenvalue weighted by molar-refractivity contribution is 0.303. The Hall–Kier alpha value is -1.88. The molecule has 0 aliphatic heterocycles. The van der Waals surface area contributed by atoms with Gasteiger partial charge in [0.25, 0.3) is 5.89 Å². The van der Waals surface area contributed by atoms with Gasteiger partial charge in [0.15, 0.2) is 5.82 Å². The molecular formula is C15H22N4O. The molecule has 1 N–H and O–H groups in total. The minimum absolute atomic E-state index is 0.585. The fourth-order valence-electron chi connectivity index (χ4n) is 2.05. The average Bonchev–Trinajstić information content (AvgIpc) is 2.97. The van der Waals surface area contributed by atoms with Gasteiger partial charge in [0, 0.05) is 31.3 Å². The monoisotopic (exact) mass is 274 g/mol. The quantitative estimate of drug-likeness (QED) is 0.841. The Morgan fingerprint density at radius 1 is 1.15 bits per heavy atom. The van der Waals surface area contributed by atoms with Crippen LogP contribution >= 0.6 is 0 Å². The fraction of sp³-hybridized carbons (Fsp3) is 0.467. The first-order chi connectivity index (χ1) is 9.76. The van der Waals surface area contributed by atoms with E-state index in [1.165, 1.54) is 0 Å². The molecule has 1 aromatic carbocycles. The van der Waals surface area contributed by atoms with Gasteiger partial charge < -0.3 is 14.7 Å². The normalized spacial score (nSPS) is 11.0. The van der Waals surface area contributed by atoms with Crippen molar-refractivity contribution in [1.82, 2.24) is 15.0 Å². The number of nitrogens with zero attached hydrogens (tertiary/aromatic N) is 3. The second kappa shape index (κ2) is 7.05. The average molecular weight is 274 g/mol. The van der Waals surface area contributed by atoms with Gasteiger partial charge in [-0.25, -0.2) is 0 Å². The molecule has 0 amide bonds. The van der Waals surface area contributed by atoms with Gasteiger partial charge >= 0.3 is 0 Å². The lowest BCUT2D eigenvalue weighted by atomic mass is 10.2. The summed E-state index contributed by atoms with van der Waals surface area (Å²) in [5.41, 5.74) is 2.01. The van der Waals surface area contributed by atoms with Crippen LogP contribution < -0.4 is 5.32 Å². The molecule has 0 fully saturated rings. The van der Waals surface area contributed by atoms with Gasteiger partial charge in [0.2, 0.25) is 0 Å². The van der Waals surface area contributed by atoms with Gasteiger partial charge in [0.05, 0.1) is 0 Å². The Bertz CT molecular complexity index is 517. The highest BCUT2D eigenvalue weighted by atomic mass is 16.5. The lowest BCUT2D eigenvalue weighted by Gasteiger charge is -2.16. The molecule has 0 atom stereocenters. The van der Waals surface area contributed by atoms with Gasteiger partial charge in [-0.2, -0.15) is 4.98 Å². The number of rotatable bonds is 7. The third-order valence-corrected chi connectivity index (χ3v) is 3.43. The van der Waals surface area contributed by atoms with Crippen LogP contribution in [0, 0.1) is 0 Å². The van der Waals surface area contributed by atoms with E-state index in [1.54, 1.807) is 0 Å². The minimum atomic E-state index is 0.585. The molecular weight excluding hydrogens is 252 g/mol. The predicted octanol–water partition coefficient (Wildman–Crippen LogP) is 2.66. The van der Waals surface area contributed by atoms with Crippen molar-refractivity contribution in [1.29, 1.82) is 0 Å². The van der Waals surface area contributed by atoms with Crippen LogP contribution in [0.5, 0.6) is 0 Å². The van der Waals surface area contributed by atoms with Crippen molar-refractivity contribution < 1.29 is 4.52 Å². The summed E-state index contributed by atoms with van der Waals surface area (Å²) < 4.78 is 5.32. The molecule has 20 heavy (non-hydrogen) atoms. The highest BCUT2D eigenvalue weighted by molar-refractivity contribution is 5.58. The summed E-state index contributed by atoms with van der Waals surface area (Å²) in [7, 11) is 1.90. The summed E-state index contributed by atoms with van der Waals surface area (Å²) in [5, 5.41) is 7.13. The van der Waals surface area contributed by atoms with Crippen molar-refractivity contribution in [3.63, 3.8) is 0 Å². The van der Waals surface area contributed by atoms with Crippen molar-refractivity contribution in [2.45, 2.75) is 20.3 Å². The van der Waals surface area contributed by atoms with Gasteiger partial charge in [-0.15, -0.1) is 0 Å². The number of hydrogen-bond acceptors (Lipinski definition) is 5. The molecule has 5 heteroatoms. The Balaban J connectivity index is 2.00. The molecule has 0 saturated carbocycles. The molecule has 0 aliphatic rings. The van der Waals surface area contributed by atoms with Gasteiger partial charge in [0.1, 0.15) is 0 Å². The van der Waals surface area contributed by atoms with Crippen molar-refractivity contribution in [2.24, 2.45) is 0 Å². The van der Waals surface area contributed by atoms with Crippen LogP contribution in [0.25, 0.3) is 11.5 Å².